The molecule has 1 saturated carbocycles. The number of morpholine rings is 1. The average molecular weight is 434 g/mol. The predicted molar refractivity (Wildman–Crippen MR) is 107 cm³/mol. The molecular weight excluding hydrogens is 406 g/mol. The zero-order valence-electron chi connectivity index (χ0n) is 15.9. The third-order valence-electron chi connectivity index (χ3n) is 4.97. The van der Waals surface area contributed by atoms with E-state index >= 15 is 0 Å². The Bertz CT molecular complexity index is 779. The van der Waals surface area contributed by atoms with Crippen LogP contribution in [0.25, 0.3) is 0 Å². The number of hydrogen-bond acceptors (Lipinski definition) is 6. The van der Waals surface area contributed by atoms with Gasteiger partial charge in [0.25, 0.3) is 0 Å². The van der Waals surface area contributed by atoms with Crippen molar-refractivity contribution in [3.63, 3.8) is 0 Å². The summed E-state index contributed by atoms with van der Waals surface area (Å²) in [5, 5.41) is 2.96. The van der Waals surface area contributed by atoms with Crippen LogP contribution < -0.4 is 15.8 Å². The standard InChI is InChI=1S/C18H27N3O5S.ClH/c1-25-16-5-2-13(11-18(22)20-15(12-19)14-3-4-14)10-17(16)27(23,24)21-6-8-26-9-7-21;/h2,5,10,14-15H,3-4,6-9,11-12,19H2,1H3,(H,20,22);1H. The Labute approximate surface area is 172 Å². The predicted octanol–water partition coefficient (Wildman–Crippen LogP) is 0.534. The summed E-state index contributed by atoms with van der Waals surface area (Å²) in [5.74, 6) is 0.577. The second kappa shape index (κ2) is 9.89. The van der Waals surface area contributed by atoms with E-state index in [4.69, 9.17) is 15.2 Å². The smallest absolute Gasteiger partial charge is 0.246 e. The largest absolute Gasteiger partial charge is 0.495 e. The molecule has 2 aliphatic rings. The van der Waals surface area contributed by atoms with E-state index in [0.717, 1.165) is 12.8 Å². The summed E-state index contributed by atoms with van der Waals surface area (Å²) in [5.41, 5.74) is 6.35. The van der Waals surface area contributed by atoms with Gasteiger partial charge in [-0.1, -0.05) is 6.07 Å². The minimum atomic E-state index is -3.72. The summed E-state index contributed by atoms with van der Waals surface area (Å²) in [6, 6.07) is 4.83. The number of methoxy groups -OCH3 is 1. The average Bonchev–Trinajstić information content (AvgIpc) is 3.52. The summed E-state index contributed by atoms with van der Waals surface area (Å²) in [6.07, 6.45) is 2.28. The van der Waals surface area contributed by atoms with E-state index < -0.39 is 10.0 Å². The van der Waals surface area contributed by atoms with Gasteiger partial charge in [0, 0.05) is 25.7 Å². The first-order valence-electron chi connectivity index (χ1n) is 9.20. The minimum absolute atomic E-state index is 0. The molecule has 1 amide bonds. The van der Waals surface area contributed by atoms with Crippen molar-refractivity contribution in [1.29, 1.82) is 0 Å². The molecule has 1 aromatic rings. The lowest BCUT2D eigenvalue weighted by molar-refractivity contribution is -0.121. The van der Waals surface area contributed by atoms with Crippen LogP contribution in [0.4, 0.5) is 0 Å². The Hall–Kier alpha value is -1.39. The number of benzene rings is 1. The summed E-state index contributed by atoms with van der Waals surface area (Å²) in [6.45, 7) is 1.75. The highest BCUT2D eigenvalue weighted by molar-refractivity contribution is 7.89. The normalized spacial score (nSPS) is 18.8. The number of amides is 1. The Morgan fingerprint density at radius 1 is 1.36 bits per heavy atom. The van der Waals surface area contributed by atoms with Crippen molar-refractivity contribution in [2.75, 3.05) is 40.0 Å². The number of halogens is 1. The van der Waals surface area contributed by atoms with Crippen molar-refractivity contribution in [1.82, 2.24) is 9.62 Å². The van der Waals surface area contributed by atoms with Gasteiger partial charge >= 0.3 is 0 Å². The number of sulfonamides is 1. The zero-order chi connectivity index (χ0) is 19.4. The second-order valence-corrected chi connectivity index (χ2v) is 8.83. The van der Waals surface area contributed by atoms with Gasteiger partial charge in [-0.05, 0) is 36.5 Å². The van der Waals surface area contributed by atoms with E-state index in [1.165, 1.54) is 17.5 Å². The topological polar surface area (TPSA) is 111 Å². The molecule has 0 spiro atoms. The molecule has 28 heavy (non-hydrogen) atoms. The van der Waals surface area contributed by atoms with Crippen molar-refractivity contribution in [2.45, 2.75) is 30.2 Å². The lowest BCUT2D eigenvalue weighted by atomic mass is 10.1. The molecule has 2 fully saturated rings. The maximum atomic E-state index is 13.0. The highest BCUT2D eigenvalue weighted by Crippen LogP contribution is 2.32. The molecule has 0 bridgehead atoms. The number of ether oxygens (including phenoxy) is 2. The summed E-state index contributed by atoms with van der Waals surface area (Å²) in [4.78, 5) is 12.4. The monoisotopic (exact) mass is 433 g/mol. The van der Waals surface area contributed by atoms with Crippen LogP contribution in [0.15, 0.2) is 23.1 Å². The van der Waals surface area contributed by atoms with Crippen molar-refractivity contribution >= 4 is 28.3 Å². The number of hydrogen-bond donors (Lipinski definition) is 2. The molecule has 0 aromatic heterocycles. The van der Waals surface area contributed by atoms with Crippen LogP contribution in [0.3, 0.4) is 0 Å². The third kappa shape index (κ3) is 5.36. The number of rotatable bonds is 8. The van der Waals surface area contributed by atoms with Gasteiger partial charge in [0.15, 0.2) is 0 Å². The van der Waals surface area contributed by atoms with Crippen molar-refractivity contribution < 1.29 is 22.7 Å². The molecule has 1 saturated heterocycles. The van der Waals surface area contributed by atoms with Gasteiger partial charge in [-0.15, -0.1) is 12.4 Å². The number of nitrogens with one attached hydrogen (secondary N) is 1. The maximum absolute atomic E-state index is 13.0. The first-order chi connectivity index (χ1) is 13.0. The molecule has 1 heterocycles. The van der Waals surface area contributed by atoms with Gasteiger partial charge in [0.1, 0.15) is 10.6 Å². The lowest BCUT2D eigenvalue weighted by Crippen LogP contribution is -2.42. The molecule has 1 aliphatic heterocycles. The van der Waals surface area contributed by atoms with Gasteiger partial charge in [-0.2, -0.15) is 4.31 Å². The van der Waals surface area contributed by atoms with Gasteiger partial charge in [0.2, 0.25) is 15.9 Å². The van der Waals surface area contributed by atoms with Crippen LogP contribution in [0.1, 0.15) is 18.4 Å². The molecule has 3 N–H and O–H groups in total. The van der Waals surface area contributed by atoms with Gasteiger partial charge < -0.3 is 20.5 Å². The molecule has 1 aromatic carbocycles. The third-order valence-corrected chi connectivity index (χ3v) is 6.89. The van der Waals surface area contributed by atoms with Crippen LogP contribution >= 0.6 is 12.4 Å². The molecule has 158 valence electrons. The molecule has 8 nitrogen and oxygen atoms in total. The maximum Gasteiger partial charge on any atom is 0.246 e. The van der Waals surface area contributed by atoms with Gasteiger partial charge in [-0.25, -0.2) is 8.42 Å². The Balaban J connectivity index is 0.00000280. The van der Waals surface area contributed by atoms with Gasteiger partial charge in [-0.3, -0.25) is 4.79 Å². The van der Waals surface area contributed by atoms with E-state index in [2.05, 4.69) is 5.32 Å². The van der Waals surface area contributed by atoms with E-state index in [-0.39, 0.29) is 41.4 Å². The molecule has 1 aliphatic carbocycles. The Kier molecular flexibility index (Phi) is 8.08. The quantitative estimate of drug-likeness (QED) is 0.618. The van der Waals surface area contributed by atoms with Crippen molar-refractivity contribution in [3.05, 3.63) is 23.8 Å². The van der Waals surface area contributed by atoms with E-state index in [9.17, 15) is 13.2 Å². The fraction of sp³-hybridized carbons (Fsp3) is 0.611. The molecule has 3 rings (SSSR count). The van der Waals surface area contributed by atoms with Crippen LogP contribution in [0.2, 0.25) is 0 Å². The van der Waals surface area contributed by atoms with Crippen LogP contribution in [-0.2, 0) is 26.0 Å². The number of carbonyl (C=O) groups is 1. The summed E-state index contributed by atoms with van der Waals surface area (Å²) < 4.78 is 37.9. The highest BCUT2D eigenvalue weighted by atomic mass is 35.5. The fourth-order valence-corrected chi connectivity index (χ4v) is 4.88. The Morgan fingerprint density at radius 3 is 2.61 bits per heavy atom. The SMILES string of the molecule is COc1ccc(CC(=O)NC(CN)C2CC2)cc1S(=O)(=O)N1CCOCC1.Cl. The van der Waals surface area contributed by atoms with E-state index in [1.54, 1.807) is 12.1 Å². The van der Waals surface area contributed by atoms with Crippen LogP contribution in [-0.4, -0.2) is 64.6 Å². The first kappa shape index (κ1) is 22.9. The number of nitrogens with zero attached hydrogens (tertiary/aromatic N) is 1. The molecule has 10 heteroatoms. The second-order valence-electron chi connectivity index (χ2n) is 6.93. The number of carbonyl (C=O) groups excluding carboxylic acids is 1. The molecule has 1 unspecified atom stereocenters. The van der Waals surface area contributed by atoms with Crippen molar-refractivity contribution in [3.8, 4) is 5.75 Å². The Morgan fingerprint density at radius 2 is 2.04 bits per heavy atom. The van der Waals surface area contributed by atoms with Crippen LogP contribution in [0, 0.1) is 5.92 Å². The van der Waals surface area contributed by atoms with E-state index in [0.29, 0.717) is 44.3 Å². The molecule has 1 atom stereocenters. The van der Waals surface area contributed by atoms with Crippen LogP contribution in [0.5, 0.6) is 5.75 Å². The summed E-state index contributed by atoms with van der Waals surface area (Å²) >= 11 is 0. The zero-order valence-corrected chi connectivity index (χ0v) is 17.6. The lowest BCUT2D eigenvalue weighted by Gasteiger charge is -2.26. The molecular formula is C18H28ClN3O5S. The van der Waals surface area contributed by atoms with Gasteiger partial charge in [0.05, 0.1) is 26.7 Å². The van der Waals surface area contributed by atoms with E-state index in [1.807, 2.05) is 0 Å². The molecule has 0 radical (unpaired) electrons. The summed E-state index contributed by atoms with van der Waals surface area (Å²) in [7, 11) is -2.29. The van der Waals surface area contributed by atoms with Crippen molar-refractivity contribution in [2.24, 2.45) is 11.7 Å². The fourth-order valence-electron chi connectivity index (χ4n) is 3.27. The first-order valence-corrected chi connectivity index (χ1v) is 10.6. The minimum Gasteiger partial charge on any atom is -0.495 e. The number of nitrogens with two attached hydrogens (primary N) is 1. The highest BCUT2D eigenvalue weighted by Gasteiger charge is 2.32.